The molecule has 0 aromatic rings. The normalized spacial score (nSPS) is 10.4. The quantitative estimate of drug-likeness (QED) is 0.343. The second kappa shape index (κ2) is 7.01. The minimum absolute atomic E-state index is 0.597. The summed E-state index contributed by atoms with van der Waals surface area (Å²) in [4.78, 5) is 15.5. The van der Waals surface area contributed by atoms with Crippen LogP contribution in [0.3, 0.4) is 0 Å². The Balaban J connectivity index is 3.25. The zero-order valence-electron chi connectivity index (χ0n) is 8.21. The van der Waals surface area contributed by atoms with Crippen molar-refractivity contribution in [3.05, 3.63) is 0 Å². The number of hydrogen-bond acceptors (Lipinski definition) is 3. The Bertz CT molecular complexity index is 151. The third-order valence-electron chi connectivity index (χ3n) is 1.98. The van der Waals surface area contributed by atoms with Crippen molar-refractivity contribution in [1.82, 2.24) is 4.90 Å². The molecule has 0 saturated carbocycles. The molecular formula is C9H18N2O. The lowest BCUT2D eigenvalue weighted by Gasteiger charge is -2.20. The van der Waals surface area contributed by atoms with Crippen molar-refractivity contribution in [3.8, 4) is 0 Å². The topological polar surface area (TPSA) is 32.7 Å². The van der Waals surface area contributed by atoms with E-state index in [4.69, 9.17) is 0 Å². The van der Waals surface area contributed by atoms with Gasteiger partial charge in [-0.1, -0.05) is 0 Å². The van der Waals surface area contributed by atoms with Crippen LogP contribution in [0, 0.1) is 0 Å². The van der Waals surface area contributed by atoms with Crippen molar-refractivity contribution < 1.29 is 4.79 Å². The monoisotopic (exact) mass is 170 g/mol. The highest BCUT2D eigenvalue weighted by atomic mass is 16.1. The third kappa shape index (κ3) is 6.08. The molecule has 0 atom stereocenters. The smallest absolute Gasteiger partial charge is 0.234 e. The lowest BCUT2D eigenvalue weighted by Crippen LogP contribution is -2.27. The second-order valence-electron chi connectivity index (χ2n) is 3.25. The summed E-state index contributed by atoms with van der Waals surface area (Å²) in [6, 6.07) is 0.597. The Labute approximate surface area is 74.5 Å². The Morgan fingerprint density at radius 3 is 2.58 bits per heavy atom. The van der Waals surface area contributed by atoms with Gasteiger partial charge in [0.05, 0.1) is 6.54 Å². The third-order valence-corrected chi connectivity index (χ3v) is 1.98. The van der Waals surface area contributed by atoms with E-state index in [0.29, 0.717) is 12.6 Å². The number of hydrogen-bond donors (Lipinski definition) is 0. The largest absolute Gasteiger partial charge is 0.304 e. The molecule has 0 spiro atoms. The summed E-state index contributed by atoms with van der Waals surface area (Å²) >= 11 is 0. The summed E-state index contributed by atoms with van der Waals surface area (Å²) in [7, 11) is 2.10. The summed E-state index contributed by atoms with van der Waals surface area (Å²) in [6.07, 6.45) is 3.62. The highest BCUT2D eigenvalue weighted by molar-refractivity contribution is 5.32. The molecule has 70 valence electrons. The Morgan fingerprint density at radius 2 is 2.08 bits per heavy atom. The molecule has 0 heterocycles. The molecule has 0 aliphatic carbocycles. The van der Waals surface area contributed by atoms with Gasteiger partial charge in [-0.2, -0.15) is 0 Å². The van der Waals surface area contributed by atoms with E-state index in [1.165, 1.54) is 6.08 Å². The number of carbonyl (C=O) groups excluding carboxylic acids is 1. The van der Waals surface area contributed by atoms with Crippen LogP contribution in [0.2, 0.25) is 0 Å². The van der Waals surface area contributed by atoms with Crippen LogP contribution >= 0.6 is 0 Å². The van der Waals surface area contributed by atoms with E-state index in [9.17, 15) is 4.79 Å². The van der Waals surface area contributed by atoms with Crippen molar-refractivity contribution in [1.29, 1.82) is 0 Å². The van der Waals surface area contributed by atoms with E-state index < -0.39 is 0 Å². The van der Waals surface area contributed by atoms with Gasteiger partial charge in [-0.3, -0.25) is 0 Å². The van der Waals surface area contributed by atoms with Gasteiger partial charge in [0.1, 0.15) is 0 Å². The molecule has 3 nitrogen and oxygen atoms in total. The Kier molecular flexibility index (Phi) is 6.63. The number of rotatable bonds is 6. The van der Waals surface area contributed by atoms with Crippen molar-refractivity contribution in [2.45, 2.75) is 32.7 Å². The summed E-state index contributed by atoms with van der Waals surface area (Å²) in [5.41, 5.74) is 0. The molecular weight excluding hydrogens is 152 g/mol. The van der Waals surface area contributed by atoms with Gasteiger partial charge in [-0.05, 0) is 40.3 Å². The van der Waals surface area contributed by atoms with E-state index >= 15 is 0 Å². The molecule has 0 N–H and O–H groups in total. The van der Waals surface area contributed by atoms with Gasteiger partial charge in [0.2, 0.25) is 6.08 Å². The van der Waals surface area contributed by atoms with E-state index in [-0.39, 0.29) is 0 Å². The van der Waals surface area contributed by atoms with Gasteiger partial charge in [0.25, 0.3) is 0 Å². The van der Waals surface area contributed by atoms with Crippen LogP contribution in [0.15, 0.2) is 4.99 Å². The maximum Gasteiger partial charge on any atom is 0.234 e. The van der Waals surface area contributed by atoms with E-state index in [1.807, 2.05) is 0 Å². The lowest BCUT2D eigenvalue weighted by molar-refractivity contribution is 0.269. The minimum atomic E-state index is 0.597. The van der Waals surface area contributed by atoms with E-state index in [2.05, 4.69) is 30.8 Å². The highest BCUT2D eigenvalue weighted by Crippen LogP contribution is 1.97. The molecule has 12 heavy (non-hydrogen) atoms. The summed E-state index contributed by atoms with van der Waals surface area (Å²) in [6.45, 7) is 6.04. The first kappa shape index (κ1) is 11.3. The Morgan fingerprint density at radius 1 is 1.42 bits per heavy atom. The first-order valence-corrected chi connectivity index (χ1v) is 4.42. The van der Waals surface area contributed by atoms with Crippen molar-refractivity contribution in [2.24, 2.45) is 4.99 Å². The van der Waals surface area contributed by atoms with Gasteiger partial charge in [-0.25, -0.2) is 9.79 Å². The molecule has 0 aromatic carbocycles. The molecule has 0 aliphatic heterocycles. The lowest BCUT2D eigenvalue weighted by atomic mass is 10.2. The second-order valence-corrected chi connectivity index (χ2v) is 3.25. The van der Waals surface area contributed by atoms with Crippen LogP contribution in [-0.2, 0) is 4.79 Å². The van der Waals surface area contributed by atoms with E-state index in [0.717, 1.165) is 19.4 Å². The van der Waals surface area contributed by atoms with Crippen LogP contribution in [0.25, 0.3) is 0 Å². The fourth-order valence-electron chi connectivity index (χ4n) is 0.856. The first-order chi connectivity index (χ1) is 5.68. The van der Waals surface area contributed by atoms with Crippen LogP contribution < -0.4 is 0 Å². The van der Waals surface area contributed by atoms with Gasteiger partial charge in [0, 0.05) is 6.04 Å². The van der Waals surface area contributed by atoms with Crippen molar-refractivity contribution >= 4 is 6.08 Å². The number of unbranched alkanes of at least 4 members (excludes halogenated alkanes) is 1. The van der Waals surface area contributed by atoms with Crippen LogP contribution in [0.5, 0.6) is 0 Å². The maximum absolute atomic E-state index is 9.71. The highest BCUT2D eigenvalue weighted by Gasteiger charge is 2.00. The average molecular weight is 170 g/mol. The predicted molar refractivity (Wildman–Crippen MR) is 50.0 cm³/mol. The molecule has 0 aromatic heterocycles. The Hall–Kier alpha value is -0.660. The number of isocyanates is 1. The molecule has 0 fully saturated rings. The standard InChI is InChI=1S/C9H18N2O/c1-9(2)11(3)7-5-4-6-10-8-12/h9H,4-7H2,1-3H3. The van der Waals surface area contributed by atoms with Crippen LogP contribution in [0.4, 0.5) is 0 Å². The molecule has 0 rings (SSSR count). The number of nitrogens with zero attached hydrogens (tertiary/aromatic N) is 2. The van der Waals surface area contributed by atoms with Crippen molar-refractivity contribution in [3.63, 3.8) is 0 Å². The van der Waals surface area contributed by atoms with Crippen LogP contribution in [0.1, 0.15) is 26.7 Å². The number of aliphatic imine (C=N–C) groups is 1. The van der Waals surface area contributed by atoms with Gasteiger partial charge in [-0.15, -0.1) is 0 Å². The SMILES string of the molecule is CC(C)N(C)CCCCN=C=O. The van der Waals surface area contributed by atoms with Crippen LogP contribution in [-0.4, -0.2) is 37.2 Å². The van der Waals surface area contributed by atoms with Gasteiger partial charge < -0.3 is 4.90 Å². The molecule has 0 saturated heterocycles. The molecule has 0 radical (unpaired) electrons. The summed E-state index contributed by atoms with van der Waals surface area (Å²) < 4.78 is 0. The molecule has 0 unspecified atom stereocenters. The minimum Gasteiger partial charge on any atom is -0.304 e. The van der Waals surface area contributed by atoms with Gasteiger partial charge >= 0.3 is 0 Å². The average Bonchev–Trinajstić information content (AvgIpc) is 2.03. The zero-order chi connectivity index (χ0) is 9.40. The van der Waals surface area contributed by atoms with Crippen molar-refractivity contribution in [2.75, 3.05) is 20.1 Å². The molecule has 3 heteroatoms. The zero-order valence-corrected chi connectivity index (χ0v) is 8.21. The molecule has 0 bridgehead atoms. The maximum atomic E-state index is 9.71. The predicted octanol–water partition coefficient (Wildman–Crippen LogP) is 1.44. The summed E-state index contributed by atoms with van der Waals surface area (Å²) in [5, 5.41) is 0. The fraction of sp³-hybridized carbons (Fsp3) is 0.889. The fourth-order valence-corrected chi connectivity index (χ4v) is 0.856. The first-order valence-electron chi connectivity index (χ1n) is 4.42. The van der Waals surface area contributed by atoms with Gasteiger partial charge in [0.15, 0.2) is 0 Å². The molecule has 0 amide bonds. The van der Waals surface area contributed by atoms with E-state index in [1.54, 1.807) is 0 Å². The molecule has 0 aliphatic rings. The summed E-state index contributed by atoms with van der Waals surface area (Å²) in [5.74, 6) is 0.